The normalized spacial score (nSPS) is 13.6. The van der Waals surface area contributed by atoms with Crippen LogP contribution in [0.25, 0.3) is 11.1 Å². The number of ether oxygens (including phenoxy) is 1. The van der Waals surface area contributed by atoms with Gasteiger partial charge in [0, 0.05) is 14.1 Å². The average Bonchev–Trinajstić information content (AvgIpc) is 2.76. The molecule has 0 saturated carbocycles. The lowest BCUT2D eigenvalue weighted by Crippen LogP contribution is -2.24. The number of carbonyl (C=O) groups is 1. The van der Waals surface area contributed by atoms with E-state index in [2.05, 4.69) is 45.2 Å². The van der Waals surface area contributed by atoms with Crippen molar-refractivity contribution in [2.45, 2.75) is 18.8 Å². The van der Waals surface area contributed by atoms with Crippen LogP contribution in [0.4, 0.5) is 8.78 Å². The highest BCUT2D eigenvalue weighted by Gasteiger charge is 2.36. The first-order valence-electron chi connectivity index (χ1n) is 6.90. The fourth-order valence-corrected chi connectivity index (χ4v) is 3.77. The summed E-state index contributed by atoms with van der Waals surface area (Å²) in [6.07, 6.45) is 0. The Balaban J connectivity index is 2.04. The van der Waals surface area contributed by atoms with Crippen LogP contribution in [0, 0.1) is 7.14 Å². The van der Waals surface area contributed by atoms with Crippen LogP contribution in [-0.4, -0.2) is 18.5 Å². The van der Waals surface area contributed by atoms with Crippen molar-refractivity contribution in [3.05, 3.63) is 54.7 Å². The molecule has 0 fully saturated rings. The van der Waals surface area contributed by atoms with Crippen molar-refractivity contribution in [2.75, 3.05) is 6.61 Å². The summed E-state index contributed by atoms with van der Waals surface area (Å²) in [6.45, 7) is -0.163. The molecule has 1 aliphatic rings. The Morgan fingerprint density at radius 3 is 2.00 bits per heavy atom. The van der Waals surface area contributed by atoms with E-state index < -0.39 is 24.4 Å². The molecule has 0 spiro atoms. The quantitative estimate of drug-likeness (QED) is 0.395. The smallest absolute Gasteiger partial charge is 0.318 e. The molecular formula is C17H12F2I2O2. The molecular weight excluding hydrogens is 528 g/mol. The van der Waals surface area contributed by atoms with E-state index in [0.717, 1.165) is 36.3 Å². The molecule has 0 unspecified atom stereocenters. The van der Waals surface area contributed by atoms with E-state index in [1.807, 2.05) is 36.4 Å². The van der Waals surface area contributed by atoms with Gasteiger partial charge in [-0.2, -0.15) is 0 Å². The number of benzene rings is 2. The molecule has 120 valence electrons. The first kappa shape index (κ1) is 17.1. The Kier molecular flexibility index (Phi) is 4.65. The number of hydrogen-bond acceptors (Lipinski definition) is 2. The molecule has 0 radical (unpaired) electrons. The average molecular weight is 540 g/mol. The molecule has 2 aromatic rings. The Morgan fingerprint density at radius 2 is 1.57 bits per heavy atom. The van der Waals surface area contributed by atoms with E-state index >= 15 is 0 Å². The number of halogens is 4. The molecule has 0 amide bonds. The summed E-state index contributed by atoms with van der Waals surface area (Å²) >= 11 is 4.35. The number of alkyl halides is 2. The minimum atomic E-state index is -3.03. The molecule has 0 heterocycles. The molecule has 0 N–H and O–H groups in total. The van der Waals surface area contributed by atoms with Gasteiger partial charge in [0.25, 0.3) is 5.92 Å². The zero-order chi connectivity index (χ0) is 16.8. The van der Waals surface area contributed by atoms with E-state index in [0.29, 0.717) is 0 Å². The monoisotopic (exact) mass is 540 g/mol. The molecule has 0 bridgehead atoms. The van der Waals surface area contributed by atoms with Crippen LogP contribution < -0.4 is 0 Å². The molecule has 6 heteroatoms. The van der Waals surface area contributed by atoms with E-state index in [-0.39, 0.29) is 0 Å². The number of fused-ring (bicyclic) bond motifs is 3. The first-order valence-corrected chi connectivity index (χ1v) is 9.06. The van der Waals surface area contributed by atoms with Crippen LogP contribution in [0.5, 0.6) is 0 Å². The highest BCUT2D eigenvalue weighted by Crippen LogP contribution is 2.46. The number of rotatable bonds is 3. The fraction of sp³-hybridized carbons (Fsp3) is 0.235. The van der Waals surface area contributed by atoms with Crippen molar-refractivity contribution in [3.63, 3.8) is 0 Å². The molecule has 0 aliphatic heterocycles. The van der Waals surface area contributed by atoms with Crippen molar-refractivity contribution < 1.29 is 18.3 Å². The third-order valence-electron chi connectivity index (χ3n) is 3.64. The third-order valence-corrected chi connectivity index (χ3v) is 4.98. The van der Waals surface area contributed by atoms with Gasteiger partial charge in [-0.05, 0) is 91.7 Å². The Labute approximate surface area is 159 Å². The second-order valence-electron chi connectivity index (χ2n) is 5.57. The summed E-state index contributed by atoms with van der Waals surface area (Å²) in [6, 6.07) is 11.7. The highest BCUT2D eigenvalue weighted by molar-refractivity contribution is 14.1. The maximum atomic E-state index is 13.0. The van der Waals surface area contributed by atoms with Gasteiger partial charge in [0.15, 0.2) is 6.61 Å². The van der Waals surface area contributed by atoms with Crippen LogP contribution in [0.3, 0.4) is 0 Å². The molecule has 0 atom stereocenters. The standard InChI is InChI=1S/C17H12F2I2O2/c1-17(18,19)8-23-16(22)15-13-6-9(20)2-4-11(13)12-5-3-10(21)7-14(12)15/h2-7,15H,8H2,1H3. The van der Waals surface area contributed by atoms with Crippen LogP contribution in [0.2, 0.25) is 0 Å². The van der Waals surface area contributed by atoms with Crippen LogP contribution in [0.15, 0.2) is 36.4 Å². The lowest BCUT2D eigenvalue weighted by atomic mass is 9.97. The van der Waals surface area contributed by atoms with Crippen molar-refractivity contribution in [2.24, 2.45) is 0 Å². The number of carbonyl (C=O) groups excluding carboxylic acids is 1. The van der Waals surface area contributed by atoms with Gasteiger partial charge in [-0.1, -0.05) is 12.1 Å². The van der Waals surface area contributed by atoms with E-state index in [4.69, 9.17) is 4.74 Å². The van der Waals surface area contributed by atoms with Gasteiger partial charge >= 0.3 is 5.97 Å². The topological polar surface area (TPSA) is 26.3 Å². The lowest BCUT2D eigenvalue weighted by molar-refractivity contribution is -0.154. The third kappa shape index (κ3) is 3.52. The fourth-order valence-electron chi connectivity index (χ4n) is 2.74. The van der Waals surface area contributed by atoms with E-state index in [9.17, 15) is 13.6 Å². The Bertz CT molecular complexity index is 733. The van der Waals surface area contributed by atoms with Gasteiger partial charge in [-0.25, -0.2) is 8.78 Å². The van der Waals surface area contributed by atoms with Crippen LogP contribution >= 0.6 is 45.2 Å². The van der Waals surface area contributed by atoms with Gasteiger partial charge in [0.2, 0.25) is 0 Å². The van der Waals surface area contributed by atoms with Gasteiger partial charge in [0.1, 0.15) is 5.92 Å². The Hall–Kier alpha value is -0.770. The summed E-state index contributed by atoms with van der Waals surface area (Å²) in [5.74, 6) is -4.31. The largest absolute Gasteiger partial charge is 0.459 e. The zero-order valence-electron chi connectivity index (χ0n) is 12.1. The van der Waals surface area contributed by atoms with E-state index in [1.54, 1.807) is 0 Å². The van der Waals surface area contributed by atoms with Crippen LogP contribution in [-0.2, 0) is 9.53 Å². The number of hydrogen-bond donors (Lipinski definition) is 0. The van der Waals surface area contributed by atoms with Crippen molar-refractivity contribution in [1.29, 1.82) is 0 Å². The lowest BCUT2D eigenvalue weighted by Gasteiger charge is -2.16. The summed E-state index contributed by atoms with van der Waals surface area (Å²) in [4.78, 5) is 12.5. The van der Waals surface area contributed by atoms with E-state index in [1.165, 1.54) is 0 Å². The maximum absolute atomic E-state index is 13.0. The summed E-state index contributed by atoms with van der Waals surface area (Å²) in [7, 11) is 0. The number of esters is 1. The molecule has 2 aromatic carbocycles. The van der Waals surface area contributed by atoms with Crippen molar-refractivity contribution >= 4 is 51.2 Å². The second-order valence-corrected chi connectivity index (χ2v) is 8.07. The highest BCUT2D eigenvalue weighted by atomic mass is 127. The molecule has 1 aliphatic carbocycles. The van der Waals surface area contributed by atoms with Gasteiger partial charge in [-0.15, -0.1) is 0 Å². The summed E-state index contributed by atoms with van der Waals surface area (Å²) in [5, 5.41) is 0. The second kappa shape index (κ2) is 6.27. The molecule has 3 rings (SSSR count). The predicted octanol–water partition coefficient (Wildman–Crippen LogP) is 5.21. The van der Waals surface area contributed by atoms with Crippen molar-refractivity contribution in [3.8, 4) is 11.1 Å². The maximum Gasteiger partial charge on any atom is 0.318 e. The molecule has 0 aromatic heterocycles. The van der Waals surface area contributed by atoms with Gasteiger partial charge in [0.05, 0.1) is 0 Å². The van der Waals surface area contributed by atoms with Gasteiger partial charge < -0.3 is 4.74 Å². The zero-order valence-corrected chi connectivity index (χ0v) is 16.4. The minimum Gasteiger partial charge on any atom is -0.459 e. The molecule has 0 saturated heterocycles. The van der Waals surface area contributed by atoms with Crippen molar-refractivity contribution in [1.82, 2.24) is 0 Å². The van der Waals surface area contributed by atoms with Crippen LogP contribution in [0.1, 0.15) is 24.0 Å². The Morgan fingerprint density at radius 1 is 1.09 bits per heavy atom. The molecule has 2 nitrogen and oxygen atoms in total. The van der Waals surface area contributed by atoms with Gasteiger partial charge in [-0.3, -0.25) is 4.79 Å². The summed E-state index contributed by atoms with van der Waals surface area (Å²) < 4.78 is 32.9. The first-order chi connectivity index (χ1) is 10.8. The molecule has 23 heavy (non-hydrogen) atoms. The SMILES string of the molecule is CC(F)(F)COC(=O)C1c2cc(I)ccc2-c2ccc(I)cc21. The summed E-state index contributed by atoms with van der Waals surface area (Å²) in [5.41, 5.74) is 3.56. The minimum absolute atomic E-state index is 0.629. The predicted molar refractivity (Wildman–Crippen MR) is 101 cm³/mol.